The molecule has 2 heterocycles. The summed E-state index contributed by atoms with van der Waals surface area (Å²) < 4.78 is 14.0. The van der Waals surface area contributed by atoms with Gasteiger partial charge in [0, 0.05) is 36.3 Å². The van der Waals surface area contributed by atoms with E-state index in [0.29, 0.717) is 29.6 Å². The van der Waals surface area contributed by atoms with Crippen LogP contribution in [0.15, 0.2) is 59.8 Å². The quantitative estimate of drug-likeness (QED) is 0.324. The first kappa shape index (κ1) is 20.2. The van der Waals surface area contributed by atoms with E-state index in [2.05, 4.69) is 31.0 Å². The number of aromatic nitrogens is 3. The molecule has 0 atom stereocenters. The first-order valence-corrected chi connectivity index (χ1v) is 9.20. The number of pyridine rings is 1. The highest BCUT2D eigenvalue weighted by Gasteiger charge is 2.25. The summed E-state index contributed by atoms with van der Waals surface area (Å²) in [6, 6.07) is 14.3. The Morgan fingerprint density at radius 1 is 1.14 bits per heavy atom. The molecule has 3 aromatic rings. The lowest BCUT2D eigenvalue weighted by atomic mass is 9.88. The normalized spacial score (nSPS) is 11.9. The molecule has 8 heteroatoms. The largest absolute Gasteiger partial charge is 0.382 e. The molecule has 0 aliphatic carbocycles. The summed E-state index contributed by atoms with van der Waals surface area (Å²) in [6.07, 6.45) is 1.59. The van der Waals surface area contributed by atoms with E-state index < -0.39 is 5.41 Å². The van der Waals surface area contributed by atoms with Crippen molar-refractivity contribution >= 4 is 11.7 Å². The molecule has 4 N–H and O–H groups in total. The number of amidine groups is 1. The lowest BCUT2D eigenvalue weighted by Crippen LogP contribution is -2.30. The van der Waals surface area contributed by atoms with Gasteiger partial charge in [0.1, 0.15) is 11.6 Å². The number of anilines is 1. The first-order valence-electron chi connectivity index (χ1n) is 9.20. The Labute approximate surface area is 169 Å². The zero-order valence-corrected chi connectivity index (χ0v) is 16.6. The zero-order valence-electron chi connectivity index (χ0n) is 16.6. The van der Waals surface area contributed by atoms with Crippen molar-refractivity contribution in [3.8, 4) is 11.3 Å². The Kier molecular flexibility index (Phi) is 6.01. The monoisotopic (exact) mass is 393 g/mol. The van der Waals surface area contributed by atoms with Gasteiger partial charge in [0.2, 0.25) is 0 Å². The van der Waals surface area contributed by atoms with Crippen LogP contribution in [0.5, 0.6) is 0 Å². The third-order valence-corrected chi connectivity index (χ3v) is 4.46. The SMILES string of the molecule is CN/N=C(\N)c1cccc(-c2ccc(NCC(C)(C)c3ncccc3F)nn2)c1. The second-order valence-electron chi connectivity index (χ2n) is 7.18. The van der Waals surface area contributed by atoms with Crippen molar-refractivity contribution in [2.75, 3.05) is 18.9 Å². The summed E-state index contributed by atoms with van der Waals surface area (Å²) in [5, 5.41) is 15.7. The Morgan fingerprint density at radius 3 is 2.66 bits per heavy atom. The van der Waals surface area contributed by atoms with Gasteiger partial charge in [0.05, 0.1) is 11.4 Å². The molecule has 29 heavy (non-hydrogen) atoms. The van der Waals surface area contributed by atoms with Crippen LogP contribution < -0.4 is 16.5 Å². The van der Waals surface area contributed by atoms with Crippen molar-refractivity contribution in [3.63, 3.8) is 0 Å². The third-order valence-electron chi connectivity index (χ3n) is 4.46. The molecule has 7 nitrogen and oxygen atoms in total. The second kappa shape index (κ2) is 8.64. The highest BCUT2D eigenvalue weighted by atomic mass is 19.1. The van der Waals surface area contributed by atoms with E-state index >= 15 is 0 Å². The molecule has 2 aromatic heterocycles. The van der Waals surface area contributed by atoms with Crippen LogP contribution in [-0.2, 0) is 5.41 Å². The maximum atomic E-state index is 14.0. The van der Waals surface area contributed by atoms with E-state index in [-0.39, 0.29) is 5.82 Å². The molecule has 1 aromatic carbocycles. The van der Waals surface area contributed by atoms with Gasteiger partial charge in [0.25, 0.3) is 0 Å². The summed E-state index contributed by atoms with van der Waals surface area (Å²) in [6.45, 7) is 4.31. The number of nitrogens with two attached hydrogens (primary N) is 1. The van der Waals surface area contributed by atoms with Crippen LogP contribution in [0.4, 0.5) is 10.2 Å². The van der Waals surface area contributed by atoms with Gasteiger partial charge in [-0.25, -0.2) is 4.39 Å². The van der Waals surface area contributed by atoms with Gasteiger partial charge in [-0.3, -0.25) is 4.98 Å². The van der Waals surface area contributed by atoms with Crippen molar-refractivity contribution in [2.45, 2.75) is 19.3 Å². The maximum Gasteiger partial charge on any atom is 0.150 e. The Morgan fingerprint density at radius 2 is 1.97 bits per heavy atom. The van der Waals surface area contributed by atoms with E-state index in [1.165, 1.54) is 6.07 Å². The number of rotatable bonds is 7. The highest BCUT2D eigenvalue weighted by Crippen LogP contribution is 2.24. The Balaban J connectivity index is 1.72. The summed E-state index contributed by atoms with van der Waals surface area (Å²) >= 11 is 0. The first-order chi connectivity index (χ1) is 13.9. The molecule has 0 amide bonds. The van der Waals surface area contributed by atoms with Gasteiger partial charge in [-0.15, -0.1) is 10.2 Å². The van der Waals surface area contributed by atoms with Gasteiger partial charge in [0.15, 0.2) is 5.84 Å². The average molecular weight is 393 g/mol. The summed E-state index contributed by atoms with van der Waals surface area (Å²) in [5.41, 5.74) is 10.9. The van der Waals surface area contributed by atoms with Crippen molar-refractivity contribution in [2.24, 2.45) is 10.8 Å². The van der Waals surface area contributed by atoms with Crippen LogP contribution in [0.1, 0.15) is 25.1 Å². The molecule has 0 radical (unpaired) electrons. The van der Waals surface area contributed by atoms with E-state index in [4.69, 9.17) is 5.73 Å². The van der Waals surface area contributed by atoms with Gasteiger partial charge < -0.3 is 16.5 Å². The predicted octanol–water partition coefficient (Wildman–Crippen LogP) is 2.91. The molecule has 0 fully saturated rings. The van der Waals surface area contributed by atoms with Crippen molar-refractivity contribution < 1.29 is 4.39 Å². The van der Waals surface area contributed by atoms with E-state index in [1.54, 1.807) is 19.3 Å². The van der Waals surface area contributed by atoms with Crippen LogP contribution in [0, 0.1) is 5.82 Å². The fraction of sp³-hybridized carbons (Fsp3) is 0.238. The predicted molar refractivity (Wildman–Crippen MR) is 113 cm³/mol. The number of hydrogen-bond donors (Lipinski definition) is 3. The molecule has 3 rings (SSSR count). The molecule has 0 saturated carbocycles. The fourth-order valence-electron chi connectivity index (χ4n) is 2.88. The molecule has 0 bridgehead atoms. The number of nitrogens with zero attached hydrogens (tertiary/aromatic N) is 4. The van der Waals surface area contributed by atoms with Crippen LogP contribution >= 0.6 is 0 Å². The second-order valence-corrected chi connectivity index (χ2v) is 7.18. The number of nitrogens with one attached hydrogen (secondary N) is 2. The standard InChI is InChI=1S/C21H24FN7/c1-21(2,19-16(22)8-5-11-25-19)13-26-18-10-9-17(27-28-18)14-6-4-7-15(12-14)20(23)29-24-3/h4-12,24H,13H2,1-3H3,(H2,23,29)(H,26,28). The Hall–Kier alpha value is -3.55. The summed E-state index contributed by atoms with van der Waals surface area (Å²) in [7, 11) is 1.69. The molecule has 0 aliphatic rings. The van der Waals surface area contributed by atoms with Crippen LogP contribution in [0.2, 0.25) is 0 Å². The lowest BCUT2D eigenvalue weighted by Gasteiger charge is -2.24. The fourth-order valence-corrected chi connectivity index (χ4v) is 2.88. The lowest BCUT2D eigenvalue weighted by molar-refractivity contribution is 0.485. The molecule has 0 spiro atoms. The van der Waals surface area contributed by atoms with Gasteiger partial charge in [-0.1, -0.05) is 32.0 Å². The topological polar surface area (TPSA) is 101 Å². The smallest absolute Gasteiger partial charge is 0.150 e. The number of benzene rings is 1. The van der Waals surface area contributed by atoms with E-state index in [0.717, 1.165) is 11.1 Å². The summed E-state index contributed by atoms with van der Waals surface area (Å²) in [4.78, 5) is 4.18. The minimum absolute atomic E-state index is 0.318. The third kappa shape index (κ3) is 4.84. The van der Waals surface area contributed by atoms with Crippen LogP contribution in [-0.4, -0.2) is 34.6 Å². The van der Waals surface area contributed by atoms with Crippen LogP contribution in [0.25, 0.3) is 11.3 Å². The Bertz CT molecular complexity index is 1000. The number of halogens is 1. The molecule has 0 saturated heterocycles. The minimum atomic E-state index is -0.510. The molecular formula is C21H24FN7. The highest BCUT2D eigenvalue weighted by molar-refractivity contribution is 5.98. The molecule has 150 valence electrons. The number of hydrazone groups is 1. The van der Waals surface area contributed by atoms with Crippen molar-refractivity contribution in [3.05, 3.63) is 71.8 Å². The maximum absolute atomic E-state index is 14.0. The van der Waals surface area contributed by atoms with Gasteiger partial charge in [-0.2, -0.15) is 5.10 Å². The molecule has 0 unspecified atom stereocenters. The molecular weight excluding hydrogens is 369 g/mol. The summed E-state index contributed by atoms with van der Waals surface area (Å²) in [5.74, 6) is 0.678. The van der Waals surface area contributed by atoms with E-state index in [1.807, 2.05) is 50.2 Å². The van der Waals surface area contributed by atoms with Crippen molar-refractivity contribution in [1.29, 1.82) is 0 Å². The van der Waals surface area contributed by atoms with E-state index in [9.17, 15) is 4.39 Å². The molecule has 0 aliphatic heterocycles. The van der Waals surface area contributed by atoms with Crippen LogP contribution in [0.3, 0.4) is 0 Å². The van der Waals surface area contributed by atoms with Gasteiger partial charge in [-0.05, 0) is 30.3 Å². The number of hydrogen-bond acceptors (Lipinski definition) is 6. The average Bonchev–Trinajstić information content (AvgIpc) is 2.73. The van der Waals surface area contributed by atoms with Crippen molar-refractivity contribution in [1.82, 2.24) is 20.6 Å². The zero-order chi connectivity index (χ0) is 20.9. The van der Waals surface area contributed by atoms with Gasteiger partial charge >= 0.3 is 0 Å². The minimum Gasteiger partial charge on any atom is -0.382 e.